The van der Waals surface area contributed by atoms with Crippen LogP contribution < -0.4 is 0 Å². The van der Waals surface area contributed by atoms with E-state index in [1.807, 2.05) is 41.2 Å². The molecule has 15 heavy (non-hydrogen) atoms. The Labute approximate surface area is 89.0 Å². The van der Waals surface area contributed by atoms with Gasteiger partial charge in [-0.1, -0.05) is 18.2 Å². The fourth-order valence-electron chi connectivity index (χ4n) is 1.53. The molecule has 2 rings (SSSR count). The van der Waals surface area contributed by atoms with Gasteiger partial charge in [-0.2, -0.15) is 5.10 Å². The van der Waals surface area contributed by atoms with Gasteiger partial charge in [0.25, 0.3) is 0 Å². The molecule has 0 amide bonds. The molecule has 0 saturated carbocycles. The molecule has 2 aromatic rings. The Morgan fingerprint density at radius 2 is 2.07 bits per heavy atom. The van der Waals surface area contributed by atoms with E-state index in [0.29, 0.717) is 6.42 Å². The minimum atomic E-state index is -0.321. The monoisotopic (exact) mass is 202 g/mol. The molecule has 0 saturated heterocycles. The zero-order valence-corrected chi connectivity index (χ0v) is 8.67. The zero-order chi connectivity index (χ0) is 10.7. The van der Waals surface area contributed by atoms with Gasteiger partial charge in [0.1, 0.15) is 0 Å². The Morgan fingerprint density at radius 3 is 2.73 bits per heavy atom. The van der Waals surface area contributed by atoms with Crippen LogP contribution in [0.2, 0.25) is 0 Å². The molecular weight excluding hydrogens is 188 g/mol. The second-order valence-corrected chi connectivity index (χ2v) is 3.68. The van der Waals surface area contributed by atoms with Crippen LogP contribution in [0.3, 0.4) is 0 Å². The van der Waals surface area contributed by atoms with Crippen molar-refractivity contribution in [1.82, 2.24) is 9.78 Å². The van der Waals surface area contributed by atoms with Crippen molar-refractivity contribution in [3.63, 3.8) is 0 Å². The van der Waals surface area contributed by atoms with Crippen LogP contribution in [0.15, 0.2) is 42.7 Å². The van der Waals surface area contributed by atoms with Gasteiger partial charge in [-0.05, 0) is 24.6 Å². The summed E-state index contributed by atoms with van der Waals surface area (Å²) in [4.78, 5) is 0. The molecule has 3 nitrogen and oxygen atoms in total. The van der Waals surface area contributed by atoms with Gasteiger partial charge in [-0.3, -0.25) is 0 Å². The topological polar surface area (TPSA) is 38.1 Å². The summed E-state index contributed by atoms with van der Waals surface area (Å²) in [5.41, 5.74) is 2.09. The zero-order valence-electron chi connectivity index (χ0n) is 8.67. The SMILES string of the molecule is C[C@@H](O)Cc1cnn(-c2ccccc2)c1. The maximum Gasteiger partial charge on any atom is 0.0645 e. The van der Waals surface area contributed by atoms with Gasteiger partial charge in [0.2, 0.25) is 0 Å². The van der Waals surface area contributed by atoms with Crippen molar-refractivity contribution >= 4 is 0 Å². The molecule has 1 heterocycles. The van der Waals surface area contributed by atoms with Gasteiger partial charge in [0.05, 0.1) is 18.0 Å². The summed E-state index contributed by atoms with van der Waals surface area (Å²) in [6, 6.07) is 9.93. The quantitative estimate of drug-likeness (QED) is 0.824. The van der Waals surface area contributed by atoms with Crippen molar-refractivity contribution in [2.24, 2.45) is 0 Å². The molecule has 0 aliphatic carbocycles. The van der Waals surface area contributed by atoms with E-state index < -0.39 is 0 Å². The van der Waals surface area contributed by atoms with Crippen molar-refractivity contribution in [3.8, 4) is 5.69 Å². The number of aliphatic hydroxyl groups is 1. The van der Waals surface area contributed by atoms with Gasteiger partial charge >= 0.3 is 0 Å². The van der Waals surface area contributed by atoms with E-state index in [-0.39, 0.29) is 6.10 Å². The second-order valence-electron chi connectivity index (χ2n) is 3.68. The normalized spacial score (nSPS) is 12.7. The maximum atomic E-state index is 9.25. The first-order valence-electron chi connectivity index (χ1n) is 5.03. The van der Waals surface area contributed by atoms with Crippen molar-refractivity contribution < 1.29 is 5.11 Å². The average Bonchev–Trinajstić information content (AvgIpc) is 2.67. The lowest BCUT2D eigenvalue weighted by atomic mass is 10.2. The Hall–Kier alpha value is -1.61. The molecule has 0 aliphatic rings. The second kappa shape index (κ2) is 4.28. The average molecular weight is 202 g/mol. The first-order chi connectivity index (χ1) is 7.25. The number of aliphatic hydroxyl groups excluding tert-OH is 1. The molecule has 0 bridgehead atoms. The van der Waals surface area contributed by atoms with Crippen LogP contribution in [0.4, 0.5) is 0 Å². The Balaban J connectivity index is 2.21. The van der Waals surface area contributed by atoms with E-state index in [9.17, 15) is 5.11 Å². The van der Waals surface area contributed by atoms with Crippen molar-refractivity contribution in [1.29, 1.82) is 0 Å². The Kier molecular flexibility index (Phi) is 2.83. The molecular formula is C12H14N2O. The van der Waals surface area contributed by atoms with Gasteiger partial charge in [0, 0.05) is 12.6 Å². The molecule has 1 atom stereocenters. The maximum absolute atomic E-state index is 9.25. The number of aromatic nitrogens is 2. The van der Waals surface area contributed by atoms with Crippen LogP contribution >= 0.6 is 0 Å². The number of nitrogens with zero attached hydrogens (tertiary/aromatic N) is 2. The molecule has 1 aromatic carbocycles. The standard InChI is InChI=1S/C12H14N2O/c1-10(15)7-11-8-13-14(9-11)12-5-3-2-4-6-12/h2-6,8-10,15H,7H2,1H3/t10-/m1/s1. The predicted molar refractivity (Wildman–Crippen MR) is 58.9 cm³/mol. The van der Waals surface area contributed by atoms with E-state index in [4.69, 9.17) is 0 Å². The van der Waals surface area contributed by atoms with Crippen LogP contribution in [0.1, 0.15) is 12.5 Å². The van der Waals surface area contributed by atoms with Crippen LogP contribution in [0.5, 0.6) is 0 Å². The Bertz CT molecular complexity index is 420. The molecule has 0 radical (unpaired) electrons. The van der Waals surface area contributed by atoms with Gasteiger partial charge in [0.15, 0.2) is 0 Å². The lowest BCUT2D eigenvalue weighted by molar-refractivity contribution is 0.195. The van der Waals surface area contributed by atoms with E-state index in [1.54, 1.807) is 13.1 Å². The lowest BCUT2D eigenvalue weighted by Gasteiger charge is -2.00. The van der Waals surface area contributed by atoms with Crippen LogP contribution in [0.25, 0.3) is 5.69 Å². The molecule has 3 heteroatoms. The summed E-state index contributed by atoms with van der Waals surface area (Å²) < 4.78 is 1.82. The van der Waals surface area contributed by atoms with Gasteiger partial charge < -0.3 is 5.11 Å². The predicted octanol–water partition coefficient (Wildman–Crippen LogP) is 1.80. The van der Waals surface area contributed by atoms with Crippen LogP contribution in [-0.2, 0) is 6.42 Å². The highest BCUT2D eigenvalue weighted by Crippen LogP contribution is 2.08. The Morgan fingerprint density at radius 1 is 1.33 bits per heavy atom. The summed E-state index contributed by atoms with van der Waals surface area (Å²) in [5, 5.41) is 13.5. The minimum absolute atomic E-state index is 0.321. The summed E-state index contributed by atoms with van der Waals surface area (Å²) in [5.74, 6) is 0. The third-order valence-electron chi connectivity index (χ3n) is 2.19. The summed E-state index contributed by atoms with van der Waals surface area (Å²) >= 11 is 0. The molecule has 1 N–H and O–H groups in total. The van der Waals surface area contributed by atoms with Gasteiger partial charge in [-0.15, -0.1) is 0 Å². The highest BCUT2D eigenvalue weighted by molar-refractivity contribution is 5.30. The number of hydrogen-bond donors (Lipinski definition) is 1. The van der Waals surface area contributed by atoms with Crippen LogP contribution in [0, 0.1) is 0 Å². The fourth-order valence-corrected chi connectivity index (χ4v) is 1.53. The molecule has 1 aromatic heterocycles. The molecule has 0 spiro atoms. The third kappa shape index (κ3) is 2.44. The highest BCUT2D eigenvalue weighted by Gasteiger charge is 2.03. The van der Waals surface area contributed by atoms with Crippen molar-refractivity contribution in [2.45, 2.75) is 19.4 Å². The van der Waals surface area contributed by atoms with E-state index in [0.717, 1.165) is 11.3 Å². The number of rotatable bonds is 3. The summed E-state index contributed by atoms with van der Waals surface area (Å²) in [6.45, 7) is 1.78. The molecule has 0 fully saturated rings. The molecule has 0 unspecified atom stereocenters. The highest BCUT2D eigenvalue weighted by atomic mass is 16.3. The van der Waals surface area contributed by atoms with E-state index in [1.165, 1.54) is 0 Å². The number of para-hydroxylation sites is 1. The number of hydrogen-bond acceptors (Lipinski definition) is 2. The number of benzene rings is 1. The fraction of sp³-hybridized carbons (Fsp3) is 0.250. The smallest absolute Gasteiger partial charge is 0.0645 e. The lowest BCUT2D eigenvalue weighted by Crippen LogP contribution is -2.03. The van der Waals surface area contributed by atoms with E-state index in [2.05, 4.69) is 5.10 Å². The van der Waals surface area contributed by atoms with Crippen LogP contribution in [-0.4, -0.2) is 21.0 Å². The molecule has 0 aliphatic heterocycles. The largest absolute Gasteiger partial charge is 0.393 e. The minimum Gasteiger partial charge on any atom is -0.393 e. The van der Waals surface area contributed by atoms with Crippen molar-refractivity contribution in [3.05, 3.63) is 48.3 Å². The first kappa shape index (κ1) is 9.93. The van der Waals surface area contributed by atoms with E-state index >= 15 is 0 Å². The van der Waals surface area contributed by atoms with Gasteiger partial charge in [-0.25, -0.2) is 4.68 Å². The third-order valence-corrected chi connectivity index (χ3v) is 2.19. The summed E-state index contributed by atoms with van der Waals surface area (Å²) in [6.07, 6.45) is 4.06. The first-order valence-corrected chi connectivity index (χ1v) is 5.03. The molecule has 78 valence electrons. The summed E-state index contributed by atoms with van der Waals surface area (Å²) in [7, 11) is 0. The van der Waals surface area contributed by atoms with Crippen molar-refractivity contribution in [2.75, 3.05) is 0 Å².